The summed E-state index contributed by atoms with van der Waals surface area (Å²) in [5.74, 6) is 0. The van der Waals surface area contributed by atoms with Gasteiger partial charge in [0, 0.05) is 5.70 Å². The summed E-state index contributed by atoms with van der Waals surface area (Å²) in [6.07, 6.45) is 7.51. The van der Waals surface area contributed by atoms with E-state index in [1.54, 1.807) is 0 Å². The molecule has 52 valence electrons. The molecule has 0 radical (unpaired) electrons. The molecule has 0 saturated carbocycles. The van der Waals surface area contributed by atoms with Crippen molar-refractivity contribution in [2.45, 2.75) is 26.2 Å². The van der Waals surface area contributed by atoms with Crippen molar-refractivity contribution in [3.8, 4) is 0 Å². The number of rotatable bonds is 4. The van der Waals surface area contributed by atoms with E-state index < -0.39 is 0 Å². The fourth-order valence-corrected chi connectivity index (χ4v) is 0.557. The molecule has 0 saturated heterocycles. The summed E-state index contributed by atoms with van der Waals surface area (Å²) < 4.78 is 0. The number of allylic oxidation sites excluding steroid dienone is 2. The molecule has 2 N–H and O–H groups in total. The molecule has 0 aliphatic rings. The average Bonchev–Trinajstić information content (AvgIpc) is 1.80. The normalized spacial score (nSPS) is 10.3. The van der Waals surface area contributed by atoms with Crippen molar-refractivity contribution >= 4 is 0 Å². The minimum Gasteiger partial charge on any atom is -0.399 e. The van der Waals surface area contributed by atoms with Crippen LogP contribution in [0, 0.1) is 0 Å². The van der Waals surface area contributed by atoms with E-state index in [0.717, 1.165) is 6.42 Å². The molecule has 0 aromatic rings. The molecule has 1 heteroatoms. The lowest BCUT2D eigenvalue weighted by Gasteiger charge is -1.87. The summed E-state index contributed by atoms with van der Waals surface area (Å²) in [5.41, 5.74) is 5.94. The van der Waals surface area contributed by atoms with Crippen LogP contribution in [0.2, 0.25) is 0 Å². The second-order valence-corrected chi connectivity index (χ2v) is 2.12. The minimum absolute atomic E-state index is 0.645. The van der Waals surface area contributed by atoms with Crippen LogP contribution < -0.4 is 5.73 Å². The molecule has 0 unspecified atom stereocenters. The molecule has 0 aliphatic carbocycles. The van der Waals surface area contributed by atoms with Gasteiger partial charge >= 0.3 is 0 Å². The lowest BCUT2D eigenvalue weighted by molar-refractivity contribution is 0.814. The van der Waals surface area contributed by atoms with Crippen LogP contribution in [0.15, 0.2) is 24.4 Å². The van der Waals surface area contributed by atoms with Crippen LogP contribution in [0.4, 0.5) is 0 Å². The Morgan fingerprint density at radius 3 is 2.78 bits per heavy atom. The first-order chi connectivity index (χ1) is 4.27. The summed E-state index contributed by atoms with van der Waals surface area (Å²) in [7, 11) is 0. The molecule has 0 heterocycles. The zero-order valence-electron chi connectivity index (χ0n) is 6.06. The van der Waals surface area contributed by atoms with Crippen molar-refractivity contribution in [1.82, 2.24) is 0 Å². The van der Waals surface area contributed by atoms with Crippen molar-refractivity contribution in [3.63, 3.8) is 0 Å². The van der Waals surface area contributed by atoms with Crippen LogP contribution in [0.5, 0.6) is 0 Å². The fourth-order valence-electron chi connectivity index (χ4n) is 0.557. The van der Waals surface area contributed by atoms with Gasteiger partial charge in [-0.15, -0.1) is 0 Å². The van der Waals surface area contributed by atoms with Crippen molar-refractivity contribution in [2.24, 2.45) is 5.73 Å². The largest absolute Gasteiger partial charge is 0.399 e. The standard InChI is InChI=1S/C8H15N/c1-3-4-5-6-7-8(2)9/h6-7H,2-5,9H2,1H3/b7-6-. The third kappa shape index (κ3) is 7.28. The van der Waals surface area contributed by atoms with Crippen molar-refractivity contribution in [1.29, 1.82) is 0 Å². The maximum Gasteiger partial charge on any atom is 0.0237 e. The summed E-state index contributed by atoms with van der Waals surface area (Å²) in [6.45, 7) is 5.72. The van der Waals surface area contributed by atoms with Gasteiger partial charge in [0.1, 0.15) is 0 Å². The Morgan fingerprint density at radius 2 is 2.33 bits per heavy atom. The predicted octanol–water partition coefficient (Wildman–Crippen LogP) is 2.21. The molecule has 0 aromatic carbocycles. The lowest BCUT2D eigenvalue weighted by atomic mass is 10.2. The van der Waals surface area contributed by atoms with Gasteiger partial charge in [0.15, 0.2) is 0 Å². The molecular formula is C8H15N. The monoisotopic (exact) mass is 125 g/mol. The van der Waals surface area contributed by atoms with Crippen molar-refractivity contribution in [3.05, 3.63) is 24.4 Å². The van der Waals surface area contributed by atoms with Crippen LogP contribution in [0.1, 0.15) is 26.2 Å². The predicted molar refractivity (Wildman–Crippen MR) is 42.0 cm³/mol. The van der Waals surface area contributed by atoms with E-state index in [2.05, 4.69) is 19.6 Å². The SMILES string of the molecule is C=C(N)/C=C\CCCC. The smallest absolute Gasteiger partial charge is 0.0237 e. The van der Waals surface area contributed by atoms with E-state index in [0.29, 0.717) is 5.70 Å². The first kappa shape index (κ1) is 8.28. The topological polar surface area (TPSA) is 26.0 Å². The van der Waals surface area contributed by atoms with Crippen LogP contribution in [-0.4, -0.2) is 0 Å². The van der Waals surface area contributed by atoms with Gasteiger partial charge in [0.05, 0.1) is 0 Å². The van der Waals surface area contributed by atoms with Gasteiger partial charge < -0.3 is 5.73 Å². The van der Waals surface area contributed by atoms with Gasteiger partial charge in [-0.25, -0.2) is 0 Å². The van der Waals surface area contributed by atoms with E-state index in [-0.39, 0.29) is 0 Å². The highest BCUT2D eigenvalue weighted by Gasteiger charge is 1.77. The first-order valence-electron chi connectivity index (χ1n) is 3.38. The molecule has 0 aromatic heterocycles. The second-order valence-electron chi connectivity index (χ2n) is 2.12. The highest BCUT2D eigenvalue weighted by molar-refractivity contribution is 5.09. The number of hydrogen-bond donors (Lipinski definition) is 1. The van der Waals surface area contributed by atoms with Gasteiger partial charge in [-0.3, -0.25) is 0 Å². The van der Waals surface area contributed by atoms with Crippen LogP contribution in [0.3, 0.4) is 0 Å². The van der Waals surface area contributed by atoms with Crippen molar-refractivity contribution < 1.29 is 0 Å². The van der Waals surface area contributed by atoms with E-state index >= 15 is 0 Å². The minimum atomic E-state index is 0.645. The van der Waals surface area contributed by atoms with Gasteiger partial charge in [-0.2, -0.15) is 0 Å². The molecule has 0 aliphatic heterocycles. The second kappa shape index (κ2) is 5.42. The van der Waals surface area contributed by atoms with Crippen LogP contribution in [-0.2, 0) is 0 Å². The molecule has 0 fully saturated rings. The van der Waals surface area contributed by atoms with E-state index in [1.165, 1.54) is 12.8 Å². The third-order valence-electron chi connectivity index (χ3n) is 1.06. The summed E-state index contributed by atoms with van der Waals surface area (Å²) in [5, 5.41) is 0. The van der Waals surface area contributed by atoms with Gasteiger partial charge in [-0.1, -0.05) is 32.4 Å². The number of hydrogen-bond acceptors (Lipinski definition) is 1. The molecule has 0 spiro atoms. The zero-order chi connectivity index (χ0) is 7.11. The molecule has 0 atom stereocenters. The Kier molecular flexibility index (Phi) is 4.98. The lowest BCUT2D eigenvalue weighted by Crippen LogP contribution is -1.87. The Hall–Kier alpha value is -0.720. The van der Waals surface area contributed by atoms with Gasteiger partial charge in [0.25, 0.3) is 0 Å². The van der Waals surface area contributed by atoms with E-state index in [1.807, 2.05) is 6.08 Å². The van der Waals surface area contributed by atoms with Gasteiger partial charge in [-0.05, 0) is 12.5 Å². The van der Waals surface area contributed by atoms with E-state index in [4.69, 9.17) is 5.73 Å². The third-order valence-corrected chi connectivity index (χ3v) is 1.06. The molecule has 1 nitrogen and oxygen atoms in total. The maximum atomic E-state index is 5.29. The molecule has 9 heavy (non-hydrogen) atoms. The average molecular weight is 125 g/mol. The molecular weight excluding hydrogens is 110 g/mol. The molecule has 0 rings (SSSR count). The highest BCUT2D eigenvalue weighted by Crippen LogP contribution is 1.95. The quantitative estimate of drug-likeness (QED) is 0.452. The molecule has 0 amide bonds. The fraction of sp³-hybridized carbons (Fsp3) is 0.500. The number of unbranched alkanes of at least 4 members (excludes halogenated alkanes) is 2. The maximum absolute atomic E-state index is 5.29. The summed E-state index contributed by atoms with van der Waals surface area (Å²) in [4.78, 5) is 0. The number of nitrogens with two attached hydrogens (primary N) is 1. The zero-order valence-corrected chi connectivity index (χ0v) is 6.06. The first-order valence-corrected chi connectivity index (χ1v) is 3.38. The Balaban J connectivity index is 3.15. The molecule has 0 bridgehead atoms. The van der Waals surface area contributed by atoms with Crippen LogP contribution >= 0.6 is 0 Å². The Bertz CT molecular complexity index is 103. The summed E-state index contributed by atoms with van der Waals surface area (Å²) in [6, 6.07) is 0. The van der Waals surface area contributed by atoms with E-state index in [9.17, 15) is 0 Å². The Morgan fingerprint density at radius 1 is 1.67 bits per heavy atom. The Labute approximate surface area is 57.3 Å². The van der Waals surface area contributed by atoms with Crippen LogP contribution in [0.25, 0.3) is 0 Å². The summed E-state index contributed by atoms with van der Waals surface area (Å²) >= 11 is 0. The van der Waals surface area contributed by atoms with Crippen molar-refractivity contribution in [2.75, 3.05) is 0 Å². The highest BCUT2D eigenvalue weighted by atomic mass is 14.5. The van der Waals surface area contributed by atoms with Gasteiger partial charge in [0.2, 0.25) is 0 Å².